The van der Waals surface area contributed by atoms with Crippen molar-refractivity contribution in [3.05, 3.63) is 42.2 Å². The molecule has 2 heterocycles. The molecule has 0 atom stereocenters. The Morgan fingerprint density at radius 3 is 2.75 bits per heavy atom. The van der Waals surface area contributed by atoms with E-state index < -0.39 is 0 Å². The SMILES string of the molecule is CCn1ccnc1N1CCN(C(=O)COc2cccc(C)c2)CC1. The molecule has 0 spiro atoms. The summed E-state index contributed by atoms with van der Waals surface area (Å²) >= 11 is 0. The highest BCUT2D eigenvalue weighted by Crippen LogP contribution is 2.15. The number of anilines is 1. The fourth-order valence-electron chi connectivity index (χ4n) is 2.93. The first-order chi connectivity index (χ1) is 11.7. The molecule has 128 valence electrons. The van der Waals surface area contributed by atoms with Crippen molar-refractivity contribution in [1.82, 2.24) is 14.5 Å². The molecule has 2 aromatic rings. The van der Waals surface area contributed by atoms with Gasteiger partial charge in [0, 0.05) is 45.1 Å². The zero-order chi connectivity index (χ0) is 16.9. The molecule has 1 aliphatic heterocycles. The van der Waals surface area contributed by atoms with Gasteiger partial charge in [-0.05, 0) is 31.5 Å². The molecule has 0 saturated carbocycles. The zero-order valence-electron chi connectivity index (χ0n) is 14.3. The van der Waals surface area contributed by atoms with Gasteiger partial charge in [-0.1, -0.05) is 12.1 Å². The van der Waals surface area contributed by atoms with E-state index in [1.165, 1.54) is 0 Å². The summed E-state index contributed by atoms with van der Waals surface area (Å²) in [5.41, 5.74) is 1.12. The number of carbonyl (C=O) groups is 1. The summed E-state index contributed by atoms with van der Waals surface area (Å²) in [6.07, 6.45) is 3.81. The number of carbonyl (C=O) groups excluding carboxylic acids is 1. The second kappa shape index (κ2) is 7.38. The quantitative estimate of drug-likeness (QED) is 0.842. The van der Waals surface area contributed by atoms with E-state index in [2.05, 4.69) is 21.4 Å². The van der Waals surface area contributed by atoms with Gasteiger partial charge >= 0.3 is 0 Å². The zero-order valence-corrected chi connectivity index (χ0v) is 14.3. The number of amides is 1. The molecule has 0 N–H and O–H groups in total. The van der Waals surface area contributed by atoms with E-state index in [4.69, 9.17) is 4.74 Å². The fourth-order valence-corrected chi connectivity index (χ4v) is 2.93. The molecule has 1 aromatic heterocycles. The molecular weight excluding hydrogens is 304 g/mol. The monoisotopic (exact) mass is 328 g/mol. The van der Waals surface area contributed by atoms with E-state index in [0.29, 0.717) is 13.1 Å². The summed E-state index contributed by atoms with van der Waals surface area (Å²) in [6, 6.07) is 7.76. The number of nitrogens with zero attached hydrogens (tertiary/aromatic N) is 4. The number of benzene rings is 1. The minimum absolute atomic E-state index is 0.0370. The average molecular weight is 328 g/mol. The Balaban J connectivity index is 1.50. The minimum atomic E-state index is 0.0370. The molecule has 0 unspecified atom stereocenters. The lowest BCUT2D eigenvalue weighted by molar-refractivity contribution is -0.133. The maximum atomic E-state index is 12.3. The average Bonchev–Trinajstić information content (AvgIpc) is 3.08. The van der Waals surface area contributed by atoms with E-state index in [1.54, 1.807) is 0 Å². The van der Waals surface area contributed by atoms with Gasteiger partial charge in [0.1, 0.15) is 5.75 Å². The number of aryl methyl sites for hydroxylation is 2. The molecule has 1 saturated heterocycles. The highest BCUT2D eigenvalue weighted by molar-refractivity contribution is 5.78. The van der Waals surface area contributed by atoms with Gasteiger partial charge in [-0.25, -0.2) is 4.98 Å². The van der Waals surface area contributed by atoms with Gasteiger partial charge in [-0.3, -0.25) is 4.79 Å². The van der Waals surface area contributed by atoms with E-state index >= 15 is 0 Å². The van der Waals surface area contributed by atoms with Crippen LogP contribution >= 0.6 is 0 Å². The summed E-state index contributed by atoms with van der Waals surface area (Å²) in [6.45, 7) is 8.10. The molecule has 0 aliphatic carbocycles. The van der Waals surface area contributed by atoms with Gasteiger partial charge < -0.3 is 19.1 Å². The highest BCUT2D eigenvalue weighted by atomic mass is 16.5. The molecule has 6 heteroatoms. The second-order valence-corrected chi connectivity index (χ2v) is 5.99. The molecule has 0 bridgehead atoms. The minimum Gasteiger partial charge on any atom is -0.484 e. The second-order valence-electron chi connectivity index (χ2n) is 5.99. The standard InChI is InChI=1S/C18H24N4O2/c1-3-20-8-7-19-18(20)22-11-9-21(10-12-22)17(23)14-24-16-6-4-5-15(2)13-16/h4-8,13H,3,9-12,14H2,1-2H3. The van der Waals surface area contributed by atoms with Gasteiger partial charge in [0.05, 0.1) is 0 Å². The molecule has 24 heavy (non-hydrogen) atoms. The number of aromatic nitrogens is 2. The van der Waals surface area contributed by atoms with Crippen molar-refractivity contribution >= 4 is 11.9 Å². The number of imidazole rings is 1. The Hall–Kier alpha value is -2.50. The third-order valence-electron chi connectivity index (χ3n) is 4.30. The van der Waals surface area contributed by atoms with Crippen molar-refractivity contribution < 1.29 is 9.53 Å². The predicted octanol–water partition coefficient (Wildman–Crippen LogP) is 1.94. The number of ether oxygens (including phenoxy) is 1. The first-order valence-electron chi connectivity index (χ1n) is 8.40. The third kappa shape index (κ3) is 3.69. The Kier molecular flexibility index (Phi) is 5.03. The van der Waals surface area contributed by atoms with E-state index in [9.17, 15) is 4.79 Å². The Labute approximate surface area is 142 Å². The maximum Gasteiger partial charge on any atom is 0.260 e. The van der Waals surface area contributed by atoms with Crippen LogP contribution in [0, 0.1) is 6.92 Å². The first kappa shape index (κ1) is 16.4. The first-order valence-corrected chi connectivity index (χ1v) is 8.40. The lowest BCUT2D eigenvalue weighted by atomic mass is 10.2. The lowest BCUT2D eigenvalue weighted by Gasteiger charge is -2.35. The summed E-state index contributed by atoms with van der Waals surface area (Å²) in [4.78, 5) is 20.9. The molecule has 6 nitrogen and oxygen atoms in total. The Morgan fingerprint density at radius 1 is 1.25 bits per heavy atom. The van der Waals surface area contributed by atoms with Gasteiger partial charge in [-0.15, -0.1) is 0 Å². The van der Waals surface area contributed by atoms with Crippen LogP contribution in [-0.4, -0.2) is 53.1 Å². The topological polar surface area (TPSA) is 50.6 Å². The maximum absolute atomic E-state index is 12.3. The Morgan fingerprint density at radius 2 is 2.04 bits per heavy atom. The number of rotatable bonds is 5. The Bertz CT molecular complexity index is 690. The van der Waals surface area contributed by atoms with Crippen molar-refractivity contribution in [2.45, 2.75) is 20.4 Å². The molecule has 1 aromatic carbocycles. The van der Waals surface area contributed by atoms with E-state index in [0.717, 1.165) is 36.9 Å². The number of piperazine rings is 1. The fraction of sp³-hybridized carbons (Fsp3) is 0.444. The van der Waals surface area contributed by atoms with Crippen molar-refractivity contribution in [2.24, 2.45) is 0 Å². The molecule has 1 aliphatic rings. The van der Waals surface area contributed by atoms with Crippen LogP contribution in [0.2, 0.25) is 0 Å². The van der Waals surface area contributed by atoms with Crippen LogP contribution in [0.15, 0.2) is 36.7 Å². The van der Waals surface area contributed by atoms with Crippen LogP contribution in [0.1, 0.15) is 12.5 Å². The van der Waals surface area contributed by atoms with Crippen LogP contribution in [-0.2, 0) is 11.3 Å². The van der Waals surface area contributed by atoms with Crippen LogP contribution < -0.4 is 9.64 Å². The largest absolute Gasteiger partial charge is 0.484 e. The van der Waals surface area contributed by atoms with Crippen molar-refractivity contribution in [1.29, 1.82) is 0 Å². The smallest absolute Gasteiger partial charge is 0.260 e. The third-order valence-corrected chi connectivity index (χ3v) is 4.30. The van der Waals surface area contributed by atoms with Crippen LogP contribution in [0.4, 0.5) is 5.95 Å². The van der Waals surface area contributed by atoms with Gasteiger partial charge in [0.2, 0.25) is 5.95 Å². The van der Waals surface area contributed by atoms with Crippen LogP contribution in [0.25, 0.3) is 0 Å². The predicted molar refractivity (Wildman–Crippen MR) is 93.4 cm³/mol. The molecule has 3 rings (SSSR count). The van der Waals surface area contributed by atoms with Gasteiger partial charge in [0.15, 0.2) is 6.61 Å². The molecule has 0 radical (unpaired) electrons. The lowest BCUT2D eigenvalue weighted by Crippen LogP contribution is -2.50. The van der Waals surface area contributed by atoms with Crippen LogP contribution in [0.3, 0.4) is 0 Å². The van der Waals surface area contributed by atoms with Crippen LogP contribution in [0.5, 0.6) is 5.75 Å². The van der Waals surface area contributed by atoms with Gasteiger partial charge in [0.25, 0.3) is 5.91 Å². The van der Waals surface area contributed by atoms with Gasteiger partial charge in [-0.2, -0.15) is 0 Å². The van der Waals surface area contributed by atoms with E-state index in [-0.39, 0.29) is 12.5 Å². The summed E-state index contributed by atoms with van der Waals surface area (Å²) in [5, 5.41) is 0. The number of hydrogen-bond donors (Lipinski definition) is 0. The van der Waals surface area contributed by atoms with E-state index in [1.807, 2.05) is 48.5 Å². The van der Waals surface area contributed by atoms with Crippen molar-refractivity contribution in [3.8, 4) is 5.75 Å². The van der Waals surface area contributed by atoms with Crippen molar-refractivity contribution in [3.63, 3.8) is 0 Å². The normalized spacial score (nSPS) is 14.8. The molecule has 1 fully saturated rings. The summed E-state index contributed by atoms with van der Waals surface area (Å²) in [7, 11) is 0. The molecule has 1 amide bonds. The molecular formula is C18H24N4O2. The number of hydrogen-bond acceptors (Lipinski definition) is 4. The summed E-state index contributed by atoms with van der Waals surface area (Å²) in [5.74, 6) is 1.77. The van der Waals surface area contributed by atoms with Crippen molar-refractivity contribution in [2.75, 3.05) is 37.7 Å². The summed E-state index contributed by atoms with van der Waals surface area (Å²) < 4.78 is 7.74. The highest BCUT2D eigenvalue weighted by Gasteiger charge is 2.23.